The SMILES string of the molecule is CC(C)C[C@H](CNC(=O)[C@H](N)Cc1cc[n+]([O-])cc1)CC(=O)O. The van der Waals surface area contributed by atoms with Gasteiger partial charge in [0.05, 0.1) is 6.04 Å². The van der Waals surface area contributed by atoms with E-state index in [-0.39, 0.29) is 18.2 Å². The molecule has 0 bridgehead atoms. The largest absolute Gasteiger partial charge is 0.619 e. The molecule has 7 nitrogen and oxygen atoms in total. The molecule has 4 N–H and O–H groups in total. The topological polar surface area (TPSA) is 119 Å². The number of carboxylic acid groups (broad SMARTS) is 1. The lowest BCUT2D eigenvalue weighted by Gasteiger charge is -2.19. The molecule has 0 saturated heterocycles. The average Bonchev–Trinajstić information content (AvgIpc) is 2.45. The molecule has 23 heavy (non-hydrogen) atoms. The van der Waals surface area contributed by atoms with Gasteiger partial charge in [-0.25, -0.2) is 0 Å². The summed E-state index contributed by atoms with van der Waals surface area (Å²) in [6.07, 6.45) is 3.78. The summed E-state index contributed by atoms with van der Waals surface area (Å²) in [5.74, 6) is -0.944. The summed E-state index contributed by atoms with van der Waals surface area (Å²) in [5, 5.41) is 22.6. The Balaban J connectivity index is 2.49. The summed E-state index contributed by atoms with van der Waals surface area (Å²) in [6.45, 7) is 4.33. The van der Waals surface area contributed by atoms with Crippen LogP contribution in [0.3, 0.4) is 0 Å². The fourth-order valence-corrected chi connectivity index (χ4v) is 2.45. The summed E-state index contributed by atoms with van der Waals surface area (Å²) in [4.78, 5) is 22.9. The number of nitrogens with one attached hydrogen (secondary N) is 1. The second kappa shape index (κ2) is 9.09. The monoisotopic (exact) mass is 323 g/mol. The molecule has 0 unspecified atom stereocenters. The number of carbonyl (C=O) groups excluding carboxylic acids is 1. The molecule has 0 fully saturated rings. The first-order chi connectivity index (χ1) is 10.8. The first-order valence-corrected chi connectivity index (χ1v) is 7.70. The van der Waals surface area contributed by atoms with Crippen LogP contribution in [-0.4, -0.2) is 29.6 Å². The number of aliphatic carboxylic acids is 1. The first kappa shape index (κ1) is 18.9. The summed E-state index contributed by atoms with van der Waals surface area (Å²) < 4.78 is 0.664. The summed E-state index contributed by atoms with van der Waals surface area (Å²) in [7, 11) is 0. The van der Waals surface area contributed by atoms with Crippen LogP contribution in [-0.2, 0) is 16.0 Å². The number of hydrogen-bond donors (Lipinski definition) is 3. The van der Waals surface area contributed by atoms with Gasteiger partial charge in [0.2, 0.25) is 5.91 Å². The number of nitrogens with zero attached hydrogens (tertiary/aromatic N) is 1. The van der Waals surface area contributed by atoms with Gasteiger partial charge >= 0.3 is 5.97 Å². The molecule has 0 aliphatic rings. The molecule has 2 atom stereocenters. The van der Waals surface area contributed by atoms with Gasteiger partial charge in [0.15, 0.2) is 12.4 Å². The third-order valence-electron chi connectivity index (χ3n) is 3.50. The molecule has 1 amide bonds. The third kappa shape index (κ3) is 7.60. The number of carboxylic acids is 1. The Bertz CT molecular complexity index is 517. The van der Waals surface area contributed by atoms with Gasteiger partial charge in [0.25, 0.3) is 0 Å². The molecule has 0 radical (unpaired) electrons. The van der Waals surface area contributed by atoms with Gasteiger partial charge in [0.1, 0.15) is 0 Å². The van der Waals surface area contributed by atoms with E-state index >= 15 is 0 Å². The van der Waals surface area contributed by atoms with Crippen LogP contribution in [0.25, 0.3) is 0 Å². The van der Waals surface area contributed by atoms with Gasteiger partial charge in [0, 0.05) is 25.1 Å². The van der Waals surface area contributed by atoms with Gasteiger partial charge < -0.3 is 21.4 Å². The highest BCUT2D eigenvalue weighted by molar-refractivity contribution is 5.81. The van der Waals surface area contributed by atoms with Crippen LogP contribution in [0, 0.1) is 17.0 Å². The molecule has 1 rings (SSSR count). The number of carbonyl (C=O) groups is 2. The number of rotatable bonds is 9. The van der Waals surface area contributed by atoms with Crippen molar-refractivity contribution in [2.75, 3.05) is 6.54 Å². The molecule has 0 saturated carbocycles. The van der Waals surface area contributed by atoms with Crippen molar-refractivity contribution in [2.24, 2.45) is 17.6 Å². The Hall–Kier alpha value is -2.15. The first-order valence-electron chi connectivity index (χ1n) is 7.70. The van der Waals surface area contributed by atoms with E-state index in [0.29, 0.717) is 23.6 Å². The minimum Gasteiger partial charge on any atom is -0.619 e. The Labute approximate surface area is 136 Å². The molecule has 128 valence electrons. The number of amides is 1. The predicted molar refractivity (Wildman–Crippen MR) is 85.3 cm³/mol. The maximum atomic E-state index is 12.0. The zero-order chi connectivity index (χ0) is 17.4. The Morgan fingerprint density at radius 3 is 2.48 bits per heavy atom. The molecular weight excluding hydrogens is 298 g/mol. The van der Waals surface area contributed by atoms with Crippen LogP contribution >= 0.6 is 0 Å². The normalized spacial score (nSPS) is 13.6. The Morgan fingerprint density at radius 1 is 1.35 bits per heavy atom. The fraction of sp³-hybridized carbons (Fsp3) is 0.562. The quantitative estimate of drug-likeness (QED) is 0.450. The molecule has 0 aliphatic heterocycles. The second-order valence-electron chi connectivity index (χ2n) is 6.22. The zero-order valence-electron chi connectivity index (χ0n) is 13.6. The minimum absolute atomic E-state index is 0.0237. The van der Waals surface area contributed by atoms with Crippen LogP contribution in [0.15, 0.2) is 24.5 Å². The highest BCUT2D eigenvalue weighted by atomic mass is 16.5. The Kier molecular flexibility index (Phi) is 7.47. The van der Waals surface area contributed by atoms with Crippen molar-refractivity contribution in [2.45, 2.75) is 39.2 Å². The van der Waals surface area contributed by atoms with E-state index in [1.807, 2.05) is 13.8 Å². The molecular formula is C16H25N3O4. The van der Waals surface area contributed by atoms with Crippen molar-refractivity contribution in [1.29, 1.82) is 0 Å². The lowest BCUT2D eigenvalue weighted by atomic mass is 9.94. The smallest absolute Gasteiger partial charge is 0.303 e. The average molecular weight is 323 g/mol. The standard InChI is InChI=1S/C16H25N3O4/c1-11(2)7-13(9-15(20)21)10-18-16(22)14(17)8-12-3-5-19(23)6-4-12/h3-6,11,13-14H,7-10,17H2,1-2H3,(H,18,22)(H,20,21)/t13-,14+/m0/s1. The fourth-order valence-electron chi connectivity index (χ4n) is 2.45. The van der Waals surface area contributed by atoms with Crippen molar-refractivity contribution >= 4 is 11.9 Å². The predicted octanol–water partition coefficient (Wildman–Crippen LogP) is 0.443. The van der Waals surface area contributed by atoms with Crippen molar-refractivity contribution in [3.8, 4) is 0 Å². The van der Waals surface area contributed by atoms with Crippen molar-refractivity contribution in [3.05, 3.63) is 35.3 Å². The number of aromatic nitrogens is 1. The van der Waals surface area contributed by atoms with Gasteiger partial charge in [-0.15, -0.1) is 0 Å². The van der Waals surface area contributed by atoms with Crippen LogP contribution < -0.4 is 15.8 Å². The molecule has 1 heterocycles. The molecule has 1 aromatic heterocycles. The maximum Gasteiger partial charge on any atom is 0.303 e. The molecule has 1 aromatic rings. The molecule has 0 aromatic carbocycles. The van der Waals surface area contributed by atoms with E-state index in [1.54, 1.807) is 12.1 Å². The van der Waals surface area contributed by atoms with Gasteiger partial charge in [-0.05, 0) is 30.2 Å². The van der Waals surface area contributed by atoms with Gasteiger partial charge in [-0.2, -0.15) is 4.73 Å². The Morgan fingerprint density at radius 2 is 1.96 bits per heavy atom. The summed E-state index contributed by atoms with van der Waals surface area (Å²) in [6, 6.07) is 2.50. The van der Waals surface area contributed by atoms with Gasteiger partial charge in [-0.1, -0.05) is 13.8 Å². The van der Waals surface area contributed by atoms with Crippen molar-refractivity contribution in [1.82, 2.24) is 5.32 Å². The van der Waals surface area contributed by atoms with Crippen LogP contribution in [0.1, 0.15) is 32.3 Å². The van der Waals surface area contributed by atoms with E-state index in [0.717, 1.165) is 12.0 Å². The van der Waals surface area contributed by atoms with Crippen molar-refractivity contribution in [3.63, 3.8) is 0 Å². The van der Waals surface area contributed by atoms with Crippen LogP contribution in [0.5, 0.6) is 0 Å². The molecule has 7 heteroatoms. The zero-order valence-corrected chi connectivity index (χ0v) is 13.6. The number of pyridine rings is 1. The van der Waals surface area contributed by atoms with E-state index in [2.05, 4.69) is 5.32 Å². The number of nitrogens with two attached hydrogens (primary N) is 1. The number of hydrogen-bond acceptors (Lipinski definition) is 4. The highest BCUT2D eigenvalue weighted by Crippen LogP contribution is 2.14. The van der Waals surface area contributed by atoms with Crippen LogP contribution in [0.2, 0.25) is 0 Å². The van der Waals surface area contributed by atoms with E-state index < -0.39 is 12.0 Å². The third-order valence-corrected chi connectivity index (χ3v) is 3.50. The van der Waals surface area contributed by atoms with Crippen molar-refractivity contribution < 1.29 is 19.4 Å². The maximum absolute atomic E-state index is 12.0. The van der Waals surface area contributed by atoms with E-state index in [1.165, 1.54) is 12.4 Å². The van der Waals surface area contributed by atoms with Crippen LogP contribution in [0.4, 0.5) is 0 Å². The molecule has 0 aliphatic carbocycles. The summed E-state index contributed by atoms with van der Waals surface area (Å²) >= 11 is 0. The molecule has 0 spiro atoms. The highest BCUT2D eigenvalue weighted by Gasteiger charge is 2.19. The lowest BCUT2D eigenvalue weighted by Crippen LogP contribution is -2.44. The lowest BCUT2D eigenvalue weighted by molar-refractivity contribution is -0.605. The summed E-state index contributed by atoms with van der Waals surface area (Å²) in [5.41, 5.74) is 6.66. The second-order valence-corrected chi connectivity index (χ2v) is 6.22. The minimum atomic E-state index is -0.871. The van der Waals surface area contributed by atoms with Gasteiger partial charge in [-0.3, -0.25) is 9.59 Å². The van der Waals surface area contributed by atoms with E-state index in [9.17, 15) is 14.8 Å². The van der Waals surface area contributed by atoms with E-state index in [4.69, 9.17) is 10.8 Å².